The van der Waals surface area contributed by atoms with E-state index in [-0.39, 0.29) is 31.3 Å². The van der Waals surface area contributed by atoms with Crippen molar-refractivity contribution in [2.24, 2.45) is 0 Å². The summed E-state index contributed by atoms with van der Waals surface area (Å²) in [7, 11) is 0. The molecule has 2 aromatic rings. The third-order valence-electron chi connectivity index (χ3n) is 4.56. The molecule has 142 valence electrons. The average Bonchev–Trinajstić information content (AvgIpc) is 3.30. The Bertz CT molecular complexity index is 865. The summed E-state index contributed by atoms with van der Waals surface area (Å²) < 4.78 is 16.3. The van der Waals surface area contributed by atoms with Gasteiger partial charge in [0.15, 0.2) is 17.2 Å². The second-order valence-corrected chi connectivity index (χ2v) is 6.48. The van der Waals surface area contributed by atoms with Gasteiger partial charge < -0.3 is 24.4 Å². The molecular formula is C18H20N4O5. The van der Waals surface area contributed by atoms with Crippen LogP contribution in [0, 0.1) is 0 Å². The summed E-state index contributed by atoms with van der Waals surface area (Å²) in [6.45, 7) is 3.16. The van der Waals surface area contributed by atoms with Gasteiger partial charge in [-0.1, -0.05) is 0 Å². The van der Waals surface area contributed by atoms with Crippen LogP contribution in [0.15, 0.2) is 24.3 Å². The number of carbonyl (C=O) groups is 2. The summed E-state index contributed by atoms with van der Waals surface area (Å²) in [6.07, 6.45) is 0.292. The van der Waals surface area contributed by atoms with Crippen LogP contribution in [-0.2, 0) is 11.4 Å². The number of nitrogens with zero attached hydrogens (tertiary/aromatic N) is 2. The molecule has 3 heterocycles. The second kappa shape index (κ2) is 7.18. The van der Waals surface area contributed by atoms with Crippen LogP contribution in [0.3, 0.4) is 0 Å². The van der Waals surface area contributed by atoms with Gasteiger partial charge in [-0.2, -0.15) is 5.10 Å². The highest BCUT2D eigenvalue weighted by molar-refractivity contribution is 5.93. The largest absolute Gasteiger partial charge is 0.487 e. The zero-order valence-corrected chi connectivity index (χ0v) is 14.9. The Morgan fingerprint density at radius 3 is 3.07 bits per heavy atom. The maximum atomic E-state index is 12.7. The number of amides is 2. The van der Waals surface area contributed by atoms with Crippen LogP contribution in [0.2, 0.25) is 0 Å². The molecule has 2 N–H and O–H groups in total. The molecule has 1 atom stereocenters. The topological polar surface area (TPSA) is 106 Å². The maximum Gasteiger partial charge on any atom is 0.274 e. The third kappa shape index (κ3) is 3.67. The molecule has 1 saturated heterocycles. The fourth-order valence-corrected chi connectivity index (χ4v) is 3.02. The van der Waals surface area contributed by atoms with E-state index in [9.17, 15) is 9.59 Å². The molecule has 27 heavy (non-hydrogen) atoms. The van der Waals surface area contributed by atoms with Crippen molar-refractivity contribution < 1.29 is 23.8 Å². The van der Waals surface area contributed by atoms with Gasteiger partial charge in [0.05, 0.1) is 5.69 Å². The summed E-state index contributed by atoms with van der Waals surface area (Å²) in [5.41, 5.74) is 0.980. The predicted octanol–water partition coefficient (Wildman–Crippen LogP) is 1.07. The minimum Gasteiger partial charge on any atom is -0.487 e. The van der Waals surface area contributed by atoms with E-state index in [1.165, 1.54) is 0 Å². The van der Waals surface area contributed by atoms with Crippen molar-refractivity contribution in [2.75, 3.05) is 19.9 Å². The first-order chi connectivity index (χ1) is 13.1. The lowest BCUT2D eigenvalue weighted by Gasteiger charge is -2.25. The fraction of sp³-hybridized carbons (Fsp3) is 0.389. The normalized spacial score (nSPS) is 18.8. The minimum atomic E-state index is -0.204. The van der Waals surface area contributed by atoms with Crippen LogP contribution in [0.4, 0.5) is 0 Å². The molecule has 0 saturated carbocycles. The molecule has 9 nitrogen and oxygen atoms in total. The van der Waals surface area contributed by atoms with E-state index in [4.69, 9.17) is 14.2 Å². The van der Waals surface area contributed by atoms with E-state index in [1.807, 2.05) is 6.92 Å². The number of aromatic nitrogens is 2. The van der Waals surface area contributed by atoms with Crippen molar-refractivity contribution >= 4 is 11.8 Å². The van der Waals surface area contributed by atoms with Gasteiger partial charge in [0.1, 0.15) is 12.4 Å². The van der Waals surface area contributed by atoms with Gasteiger partial charge in [0, 0.05) is 31.6 Å². The molecule has 1 fully saturated rings. The number of aromatic amines is 1. The highest BCUT2D eigenvalue weighted by atomic mass is 16.7. The van der Waals surface area contributed by atoms with Crippen molar-refractivity contribution in [3.8, 4) is 17.2 Å². The molecule has 1 aromatic carbocycles. The zero-order valence-electron chi connectivity index (χ0n) is 14.9. The molecule has 1 aromatic heterocycles. The number of carbonyl (C=O) groups excluding carboxylic acids is 2. The first-order valence-electron chi connectivity index (χ1n) is 8.74. The summed E-state index contributed by atoms with van der Waals surface area (Å²) in [6, 6.07) is 6.92. The highest BCUT2D eigenvalue weighted by Crippen LogP contribution is 2.35. The van der Waals surface area contributed by atoms with Crippen molar-refractivity contribution in [2.45, 2.75) is 26.0 Å². The maximum absolute atomic E-state index is 12.7. The van der Waals surface area contributed by atoms with Gasteiger partial charge in [0.2, 0.25) is 12.7 Å². The Hall–Kier alpha value is -3.23. The van der Waals surface area contributed by atoms with Crippen LogP contribution in [0.25, 0.3) is 0 Å². The van der Waals surface area contributed by atoms with Gasteiger partial charge in [-0.3, -0.25) is 14.7 Å². The van der Waals surface area contributed by atoms with Crippen LogP contribution in [-0.4, -0.2) is 52.8 Å². The van der Waals surface area contributed by atoms with Gasteiger partial charge in [-0.15, -0.1) is 0 Å². The van der Waals surface area contributed by atoms with Crippen molar-refractivity contribution in [3.63, 3.8) is 0 Å². The van der Waals surface area contributed by atoms with Crippen molar-refractivity contribution in [1.82, 2.24) is 20.4 Å². The van der Waals surface area contributed by atoms with E-state index in [1.54, 1.807) is 29.2 Å². The number of fused-ring (bicyclic) bond motifs is 1. The van der Waals surface area contributed by atoms with E-state index in [2.05, 4.69) is 15.5 Å². The van der Waals surface area contributed by atoms with E-state index in [0.29, 0.717) is 48.1 Å². The summed E-state index contributed by atoms with van der Waals surface area (Å²) in [4.78, 5) is 25.9. The quantitative estimate of drug-likeness (QED) is 0.832. The third-order valence-corrected chi connectivity index (χ3v) is 4.56. The van der Waals surface area contributed by atoms with E-state index < -0.39 is 0 Å². The molecular weight excluding hydrogens is 352 g/mol. The fourth-order valence-electron chi connectivity index (χ4n) is 3.02. The predicted molar refractivity (Wildman–Crippen MR) is 93.6 cm³/mol. The second-order valence-electron chi connectivity index (χ2n) is 6.48. The molecule has 0 unspecified atom stereocenters. The SMILES string of the molecule is C[C@@H]1CNC(=O)CCN1C(=O)c1cc(COc2ccc3c(c2)OCO3)[nH]n1. The molecule has 2 aliphatic rings. The van der Waals surface area contributed by atoms with Crippen LogP contribution in [0.1, 0.15) is 29.5 Å². The highest BCUT2D eigenvalue weighted by Gasteiger charge is 2.27. The Morgan fingerprint density at radius 2 is 2.19 bits per heavy atom. The first-order valence-corrected chi connectivity index (χ1v) is 8.74. The van der Waals surface area contributed by atoms with Gasteiger partial charge in [0.25, 0.3) is 5.91 Å². The van der Waals surface area contributed by atoms with Gasteiger partial charge >= 0.3 is 0 Å². The lowest BCUT2D eigenvalue weighted by molar-refractivity contribution is -0.120. The first kappa shape index (κ1) is 17.2. The molecule has 9 heteroatoms. The summed E-state index contributed by atoms with van der Waals surface area (Å²) in [5, 5.41) is 9.72. The average molecular weight is 372 g/mol. The standard InChI is InChI=1S/C18H20N4O5/c1-11-8-19-17(23)4-5-22(11)18(24)14-6-12(20-21-14)9-25-13-2-3-15-16(7-13)27-10-26-15/h2-3,6-7,11H,4-5,8-10H2,1H3,(H,19,23)(H,20,21)/t11-/m1/s1. The number of hydrogen-bond donors (Lipinski definition) is 2. The minimum absolute atomic E-state index is 0.0445. The van der Waals surface area contributed by atoms with Crippen LogP contribution < -0.4 is 19.5 Å². The molecule has 0 aliphatic carbocycles. The number of hydrogen-bond acceptors (Lipinski definition) is 6. The number of rotatable bonds is 4. The van der Waals surface area contributed by atoms with Gasteiger partial charge in [-0.25, -0.2) is 0 Å². The lowest BCUT2D eigenvalue weighted by atomic mass is 10.2. The number of benzene rings is 1. The van der Waals surface area contributed by atoms with Gasteiger partial charge in [-0.05, 0) is 25.1 Å². The van der Waals surface area contributed by atoms with Crippen LogP contribution in [0.5, 0.6) is 17.2 Å². The van der Waals surface area contributed by atoms with Crippen molar-refractivity contribution in [3.05, 3.63) is 35.7 Å². The summed E-state index contributed by atoms with van der Waals surface area (Å²) in [5.74, 6) is 1.72. The molecule has 2 aliphatic heterocycles. The molecule has 2 amide bonds. The molecule has 4 rings (SSSR count). The number of ether oxygens (including phenoxy) is 3. The Balaban J connectivity index is 1.39. The monoisotopic (exact) mass is 372 g/mol. The Morgan fingerprint density at radius 1 is 1.33 bits per heavy atom. The van der Waals surface area contributed by atoms with Crippen LogP contribution >= 0.6 is 0 Å². The number of nitrogens with one attached hydrogen (secondary N) is 2. The summed E-state index contributed by atoms with van der Waals surface area (Å²) >= 11 is 0. The van der Waals surface area contributed by atoms with Crippen molar-refractivity contribution in [1.29, 1.82) is 0 Å². The number of H-pyrrole nitrogens is 1. The molecule has 0 radical (unpaired) electrons. The Kier molecular flexibility index (Phi) is 4.57. The van der Waals surface area contributed by atoms with E-state index in [0.717, 1.165) is 0 Å². The lowest BCUT2D eigenvalue weighted by Crippen LogP contribution is -2.42. The zero-order chi connectivity index (χ0) is 18.8. The molecule has 0 spiro atoms. The Labute approximate surface area is 155 Å². The molecule has 0 bridgehead atoms. The van der Waals surface area contributed by atoms with E-state index >= 15 is 0 Å². The smallest absolute Gasteiger partial charge is 0.274 e.